The molecule has 3 aromatic rings. The first-order chi connectivity index (χ1) is 14.9. The second kappa shape index (κ2) is 8.60. The smallest absolute Gasteiger partial charge is 0.270 e. The topological polar surface area (TPSA) is 135 Å². The average molecular weight is 476 g/mol. The van der Waals surface area contributed by atoms with Gasteiger partial charge >= 0.3 is 0 Å². The number of sulfonamides is 2. The van der Waals surface area contributed by atoms with E-state index in [1.165, 1.54) is 43.3 Å². The number of hydrogen-bond acceptors (Lipinski definition) is 6. The van der Waals surface area contributed by atoms with Crippen LogP contribution in [0.15, 0.2) is 70.5 Å². The van der Waals surface area contributed by atoms with Crippen LogP contribution in [-0.2, 0) is 20.0 Å². The summed E-state index contributed by atoms with van der Waals surface area (Å²) >= 11 is 0. The van der Waals surface area contributed by atoms with Crippen molar-refractivity contribution in [3.05, 3.63) is 87.5 Å². The van der Waals surface area contributed by atoms with Gasteiger partial charge in [0.1, 0.15) is 0 Å². The molecule has 2 N–H and O–H groups in total. The molecule has 0 aliphatic carbocycles. The van der Waals surface area contributed by atoms with E-state index in [0.29, 0.717) is 11.3 Å². The van der Waals surface area contributed by atoms with Crippen LogP contribution in [-0.4, -0.2) is 21.8 Å². The highest BCUT2D eigenvalue weighted by Crippen LogP contribution is 2.26. The van der Waals surface area contributed by atoms with Crippen molar-refractivity contribution in [3.63, 3.8) is 0 Å². The van der Waals surface area contributed by atoms with Gasteiger partial charge in [0, 0.05) is 17.8 Å². The summed E-state index contributed by atoms with van der Waals surface area (Å²) in [5.41, 5.74) is 2.12. The molecule has 0 saturated carbocycles. The van der Waals surface area contributed by atoms with Crippen LogP contribution in [0.3, 0.4) is 0 Å². The highest BCUT2D eigenvalue weighted by atomic mass is 32.2. The molecule has 0 saturated heterocycles. The number of non-ortho nitro benzene ring substituents is 1. The second-order valence-corrected chi connectivity index (χ2v) is 10.5. The number of nitrogens with one attached hydrogen (secondary N) is 2. The molecular weight excluding hydrogens is 454 g/mol. The van der Waals surface area contributed by atoms with E-state index < -0.39 is 25.0 Å². The lowest BCUT2D eigenvalue weighted by Crippen LogP contribution is -2.16. The van der Waals surface area contributed by atoms with E-state index in [4.69, 9.17) is 0 Å². The Bertz CT molecular complexity index is 1380. The molecule has 0 radical (unpaired) electrons. The standard InChI is InChI=1S/C21H21N3O6S2/c1-14-7-10-18(24(25)26)13-20(14)32(29,30)22-17-8-11-19(12-9-17)31(27,28)23-21-15(2)5-4-6-16(21)3/h4-13,22-23H,1-3H3. The molecule has 0 bridgehead atoms. The molecule has 3 aromatic carbocycles. The van der Waals surface area contributed by atoms with Crippen LogP contribution in [0.2, 0.25) is 0 Å². The van der Waals surface area contributed by atoms with Crippen molar-refractivity contribution in [2.45, 2.75) is 30.6 Å². The van der Waals surface area contributed by atoms with Gasteiger partial charge in [0.15, 0.2) is 0 Å². The molecule has 0 fully saturated rings. The first-order valence-electron chi connectivity index (χ1n) is 9.38. The largest absolute Gasteiger partial charge is 0.280 e. The SMILES string of the molecule is Cc1ccc([N+](=O)[O-])cc1S(=O)(=O)Nc1ccc(S(=O)(=O)Nc2c(C)cccc2C)cc1. The molecule has 0 amide bonds. The first-order valence-corrected chi connectivity index (χ1v) is 12.3. The lowest BCUT2D eigenvalue weighted by atomic mass is 10.1. The first kappa shape index (κ1) is 23.2. The van der Waals surface area contributed by atoms with Crippen molar-refractivity contribution in [1.29, 1.82) is 0 Å². The molecule has 0 aromatic heterocycles. The van der Waals surface area contributed by atoms with Crippen LogP contribution in [0.4, 0.5) is 17.1 Å². The van der Waals surface area contributed by atoms with E-state index in [2.05, 4.69) is 9.44 Å². The zero-order chi connectivity index (χ0) is 23.7. The highest BCUT2D eigenvalue weighted by Gasteiger charge is 2.22. The number of benzene rings is 3. The molecule has 3 rings (SSSR count). The van der Waals surface area contributed by atoms with Gasteiger partial charge in [-0.1, -0.05) is 24.3 Å². The molecule has 168 valence electrons. The summed E-state index contributed by atoms with van der Waals surface area (Å²) in [6.45, 7) is 5.10. The zero-order valence-corrected chi connectivity index (χ0v) is 19.1. The minimum atomic E-state index is -4.13. The molecule has 32 heavy (non-hydrogen) atoms. The number of hydrogen-bond donors (Lipinski definition) is 2. The van der Waals surface area contributed by atoms with Crippen molar-refractivity contribution in [1.82, 2.24) is 0 Å². The van der Waals surface area contributed by atoms with Crippen molar-refractivity contribution < 1.29 is 21.8 Å². The van der Waals surface area contributed by atoms with E-state index in [9.17, 15) is 26.9 Å². The summed E-state index contributed by atoms with van der Waals surface area (Å²) in [4.78, 5) is 10.0. The summed E-state index contributed by atoms with van der Waals surface area (Å²) in [6, 6.07) is 14.1. The van der Waals surface area contributed by atoms with Crippen LogP contribution >= 0.6 is 0 Å². The monoisotopic (exact) mass is 475 g/mol. The van der Waals surface area contributed by atoms with Crippen LogP contribution in [0.25, 0.3) is 0 Å². The molecular formula is C21H21N3O6S2. The Balaban J connectivity index is 1.86. The number of nitro benzene ring substituents is 1. The Morgan fingerprint density at radius 3 is 1.91 bits per heavy atom. The fourth-order valence-electron chi connectivity index (χ4n) is 3.07. The third-order valence-electron chi connectivity index (χ3n) is 4.81. The fraction of sp³-hybridized carbons (Fsp3) is 0.143. The van der Waals surface area contributed by atoms with Crippen LogP contribution in [0, 0.1) is 30.9 Å². The predicted molar refractivity (Wildman–Crippen MR) is 122 cm³/mol. The van der Waals surface area contributed by atoms with Crippen LogP contribution in [0.1, 0.15) is 16.7 Å². The number of para-hydroxylation sites is 1. The zero-order valence-electron chi connectivity index (χ0n) is 17.5. The number of rotatable bonds is 7. The van der Waals surface area contributed by atoms with Gasteiger partial charge < -0.3 is 0 Å². The number of anilines is 2. The molecule has 9 nitrogen and oxygen atoms in total. The van der Waals surface area contributed by atoms with Gasteiger partial charge in [-0.3, -0.25) is 19.6 Å². The Morgan fingerprint density at radius 2 is 1.34 bits per heavy atom. The van der Waals surface area contributed by atoms with Crippen LogP contribution in [0.5, 0.6) is 0 Å². The van der Waals surface area contributed by atoms with E-state index in [-0.39, 0.29) is 21.2 Å². The van der Waals surface area contributed by atoms with Gasteiger partial charge in [-0.25, -0.2) is 16.8 Å². The summed E-state index contributed by atoms with van der Waals surface area (Å²) in [5.74, 6) is 0. The van der Waals surface area contributed by atoms with Gasteiger partial charge in [-0.2, -0.15) is 0 Å². The molecule has 0 aliphatic heterocycles. The quantitative estimate of drug-likeness (QED) is 0.390. The van der Waals surface area contributed by atoms with E-state index in [1.807, 2.05) is 6.07 Å². The van der Waals surface area contributed by atoms with Crippen molar-refractivity contribution in [2.75, 3.05) is 9.44 Å². The fourth-order valence-corrected chi connectivity index (χ4v) is 5.60. The van der Waals surface area contributed by atoms with E-state index in [0.717, 1.165) is 17.2 Å². The number of nitrogens with zero attached hydrogens (tertiary/aromatic N) is 1. The molecule has 0 aliphatic rings. The highest BCUT2D eigenvalue weighted by molar-refractivity contribution is 7.93. The predicted octanol–water partition coefficient (Wildman–Crippen LogP) is 4.12. The second-order valence-electron chi connectivity index (χ2n) is 7.21. The Hall–Kier alpha value is -3.44. The van der Waals surface area contributed by atoms with Gasteiger partial charge in [0.25, 0.3) is 25.7 Å². The maximum Gasteiger partial charge on any atom is 0.270 e. The maximum atomic E-state index is 12.8. The van der Waals surface area contributed by atoms with E-state index in [1.54, 1.807) is 26.0 Å². The molecule has 0 spiro atoms. The van der Waals surface area contributed by atoms with Gasteiger partial charge in [0.2, 0.25) is 0 Å². The van der Waals surface area contributed by atoms with Crippen molar-refractivity contribution in [3.8, 4) is 0 Å². The number of aryl methyl sites for hydroxylation is 3. The maximum absolute atomic E-state index is 12.8. The summed E-state index contributed by atoms with van der Waals surface area (Å²) < 4.78 is 55.9. The van der Waals surface area contributed by atoms with Gasteiger partial charge in [-0.15, -0.1) is 0 Å². The van der Waals surface area contributed by atoms with Gasteiger partial charge in [-0.05, 0) is 61.7 Å². The van der Waals surface area contributed by atoms with Crippen molar-refractivity contribution >= 4 is 37.1 Å². The molecule has 0 heterocycles. The Morgan fingerprint density at radius 1 is 0.750 bits per heavy atom. The molecule has 0 atom stereocenters. The third kappa shape index (κ3) is 4.89. The Labute approximate surface area is 186 Å². The normalized spacial score (nSPS) is 11.7. The van der Waals surface area contributed by atoms with Crippen LogP contribution < -0.4 is 9.44 Å². The minimum Gasteiger partial charge on any atom is -0.280 e. The lowest BCUT2D eigenvalue weighted by molar-refractivity contribution is -0.385. The van der Waals surface area contributed by atoms with Gasteiger partial charge in [0.05, 0.1) is 20.4 Å². The number of nitro groups is 1. The third-order valence-corrected chi connectivity index (χ3v) is 7.70. The summed E-state index contributed by atoms with van der Waals surface area (Å²) in [6.07, 6.45) is 0. The van der Waals surface area contributed by atoms with E-state index >= 15 is 0 Å². The minimum absolute atomic E-state index is 0.0466. The molecule has 0 unspecified atom stereocenters. The Kier molecular flexibility index (Phi) is 6.24. The summed E-state index contributed by atoms with van der Waals surface area (Å²) in [5, 5.41) is 11.0. The average Bonchev–Trinajstić information content (AvgIpc) is 2.71. The van der Waals surface area contributed by atoms with Crippen molar-refractivity contribution in [2.24, 2.45) is 0 Å². The lowest BCUT2D eigenvalue weighted by Gasteiger charge is -2.14. The summed E-state index contributed by atoms with van der Waals surface area (Å²) in [7, 11) is -8.02. The molecule has 11 heteroatoms.